The molecule has 2 heterocycles. The van der Waals surface area contributed by atoms with Crippen molar-refractivity contribution in [3.63, 3.8) is 0 Å². The van der Waals surface area contributed by atoms with Crippen LogP contribution in [0.25, 0.3) is 5.52 Å². The van der Waals surface area contributed by atoms with Gasteiger partial charge in [0.25, 0.3) is 0 Å². The maximum Gasteiger partial charge on any atom is 0.243 e. The first-order chi connectivity index (χ1) is 10.5. The molecule has 0 spiro atoms. The first-order valence-corrected chi connectivity index (χ1v) is 7.82. The molecular formula is C14H11F2N3O2S. The van der Waals surface area contributed by atoms with Gasteiger partial charge in [0.1, 0.15) is 16.5 Å². The predicted molar refractivity (Wildman–Crippen MR) is 75.6 cm³/mol. The molecule has 0 aliphatic heterocycles. The van der Waals surface area contributed by atoms with Gasteiger partial charge >= 0.3 is 0 Å². The molecule has 22 heavy (non-hydrogen) atoms. The highest BCUT2D eigenvalue weighted by Crippen LogP contribution is 2.16. The summed E-state index contributed by atoms with van der Waals surface area (Å²) in [5.41, 5.74) is 1.39. The van der Waals surface area contributed by atoms with Crippen LogP contribution in [0.1, 0.15) is 5.56 Å². The van der Waals surface area contributed by atoms with Crippen LogP contribution in [0.15, 0.2) is 53.7 Å². The summed E-state index contributed by atoms with van der Waals surface area (Å²) in [7, 11) is -4.08. The molecule has 0 aliphatic carbocycles. The highest BCUT2D eigenvalue weighted by atomic mass is 32.2. The predicted octanol–water partition coefficient (Wildman–Crippen LogP) is 2.09. The molecule has 1 N–H and O–H groups in total. The number of hydrogen-bond acceptors (Lipinski definition) is 3. The molecule has 0 unspecified atom stereocenters. The van der Waals surface area contributed by atoms with Gasteiger partial charge in [0.2, 0.25) is 10.0 Å². The summed E-state index contributed by atoms with van der Waals surface area (Å²) in [6, 6.07) is 7.70. The number of aromatic nitrogens is 2. The maximum absolute atomic E-state index is 13.6. The van der Waals surface area contributed by atoms with E-state index < -0.39 is 26.6 Å². The monoisotopic (exact) mass is 323 g/mol. The van der Waals surface area contributed by atoms with Gasteiger partial charge in [-0.3, -0.25) is 0 Å². The van der Waals surface area contributed by atoms with Gasteiger partial charge in [-0.15, -0.1) is 0 Å². The van der Waals surface area contributed by atoms with Crippen LogP contribution in [-0.4, -0.2) is 18.0 Å². The lowest BCUT2D eigenvalue weighted by Gasteiger charge is -2.07. The van der Waals surface area contributed by atoms with E-state index in [2.05, 4.69) is 9.82 Å². The summed E-state index contributed by atoms with van der Waals surface area (Å²) < 4.78 is 54.5. The number of sulfonamides is 1. The van der Waals surface area contributed by atoms with E-state index in [0.29, 0.717) is 11.6 Å². The number of fused-ring (bicyclic) bond motifs is 1. The van der Waals surface area contributed by atoms with E-state index in [1.165, 1.54) is 6.20 Å². The van der Waals surface area contributed by atoms with Crippen LogP contribution in [0.2, 0.25) is 0 Å². The fourth-order valence-corrected chi connectivity index (χ4v) is 3.13. The average molecular weight is 323 g/mol. The highest BCUT2D eigenvalue weighted by molar-refractivity contribution is 7.89. The number of pyridine rings is 1. The summed E-state index contributed by atoms with van der Waals surface area (Å²) in [6.45, 7) is -0.0489. The molecular weight excluding hydrogens is 312 g/mol. The Hall–Kier alpha value is -2.32. The van der Waals surface area contributed by atoms with Crippen LogP contribution < -0.4 is 4.72 Å². The third-order valence-electron chi connectivity index (χ3n) is 3.14. The number of nitrogens with one attached hydrogen (secondary N) is 1. The Bertz CT molecular complexity index is 938. The Balaban J connectivity index is 1.86. The van der Waals surface area contributed by atoms with Crippen molar-refractivity contribution in [2.45, 2.75) is 11.4 Å². The summed E-state index contributed by atoms with van der Waals surface area (Å²) in [4.78, 5) is -0.592. The van der Waals surface area contributed by atoms with Gasteiger partial charge in [-0.25, -0.2) is 26.4 Å². The zero-order valence-electron chi connectivity index (χ0n) is 11.2. The summed E-state index contributed by atoms with van der Waals surface area (Å²) in [5.74, 6) is -1.97. The van der Waals surface area contributed by atoms with Crippen molar-refractivity contribution in [2.75, 3.05) is 0 Å². The van der Waals surface area contributed by atoms with Gasteiger partial charge < -0.3 is 0 Å². The van der Waals surface area contributed by atoms with Crippen molar-refractivity contribution in [3.8, 4) is 0 Å². The molecule has 0 atom stereocenters. The van der Waals surface area contributed by atoms with Gasteiger partial charge in [0.05, 0.1) is 11.7 Å². The van der Waals surface area contributed by atoms with Crippen molar-refractivity contribution >= 4 is 15.5 Å². The van der Waals surface area contributed by atoms with Crippen molar-refractivity contribution in [1.82, 2.24) is 14.3 Å². The Morgan fingerprint density at radius 3 is 2.77 bits per heavy atom. The van der Waals surface area contributed by atoms with E-state index in [4.69, 9.17) is 0 Å². The summed E-state index contributed by atoms with van der Waals surface area (Å²) in [6.07, 6.45) is 3.26. The fourth-order valence-electron chi connectivity index (χ4n) is 2.07. The number of benzene rings is 1. The maximum atomic E-state index is 13.6. The zero-order valence-corrected chi connectivity index (χ0v) is 12.0. The molecule has 8 heteroatoms. The topological polar surface area (TPSA) is 63.5 Å². The largest absolute Gasteiger partial charge is 0.243 e. The molecule has 2 aromatic heterocycles. The second-order valence-electron chi connectivity index (χ2n) is 4.60. The molecule has 0 saturated carbocycles. The van der Waals surface area contributed by atoms with Crippen LogP contribution in [0.3, 0.4) is 0 Å². The minimum absolute atomic E-state index is 0.0489. The van der Waals surface area contributed by atoms with Crippen molar-refractivity contribution in [1.29, 1.82) is 0 Å². The quantitative estimate of drug-likeness (QED) is 0.800. The van der Waals surface area contributed by atoms with E-state index in [1.54, 1.807) is 28.9 Å². The number of nitrogens with zero attached hydrogens (tertiary/aromatic N) is 2. The highest BCUT2D eigenvalue weighted by Gasteiger charge is 2.19. The standard InChI is InChI=1S/C14H11F2N3O2S/c15-11-4-5-14(12(16)7-11)22(20,21)18-9-10-8-17-19-6-2-1-3-13(10)19/h1-8,18H,9H2. The minimum Gasteiger partial charge on any atom is -0.241 e. The Kier molecular flexibility index (Phi) is 3.63. The SMILES string of the molecule is O=S(=O)(NCc1cnn2ccccc12)c1ccc(F)cc1F. The molecule has 3 aromatic rings. The van der Waals surface area contributed by atoms with Crippen LogP contribution in [0, 0.1) is 11.6 Å². The third-order valence-corrected chi connectivity index (χ3v) is 4.58. The first-order valence-electron chi connectivity index (χ1n) is 6.33. The second-order valence-corrected chi connectivity index (χ2v) is 6.33. The van der Waals surface area contributed by atoms with E-state index in [1.807, 2.05) is 0 Å². The number of halogens is 2. The van der Waals surface area contributed by atoms with Gasteiger partial charge in [-0.1, -0.05) is 6.07 Å². The third kappa shape index (κ3) is 2.70. The van der Waals surface area contributed by atoms with E-state index in [-0.39, 0.29) is 6.54 Å². The number of rotatable bonds is 4. The lowest BCUT2D eigenvalue weighted by molar-refractivity contribution is 0.543. The molecule has 0 saturated heterocycles. The van der Waals surface area contributed by atoms with E-state index in [9.17, 15) is 17.2 Å². The van der Waals surface area contributed by atoms with Crippen LogP contribution in [0.4, 0.5) is 8.78 Å². The molecule has 1 aromatic carbocycles. The molecule has 0 fully saturated rings. The summed E-state index contributed by atoms with van der Waals surface area (Å²) in [5, 5.41) is 4.08. The van der Waals surface area contributed by atoms with Crippen LogP contribution >= 0.6 is 0 Å². The number of hydrogen-bond donors (Lipinski definition) is 1. The van der Waals surface area contributed by atoms with Gasteiger partial charge in [-0.2, -0.15) is 5.10 Å². The van der Waals surface area contributed by atoms with Crippen LogP contribution in [0.5, 0.6) is 0 Å². The van der Waals surface area contributed by atoms with Crippen molar-refractivity contribution in [3.05, 3.63) is 66.0 Å². The Morgan fingerprint density at radius 1 is 1.18 bits per heavy atom. The molecule has 0 bridgehead atoms. The molecule has 0 radical (unpaired) electrons. The lowest BCUT2D eigenvalue weighted by Crippen LogP contribution is -2.24. The zero-order chi connectivity index (χ0) is 15.7. The second kappa shape index (κ2) is 5.47. The molecule has 114 valence electrons. The lowest BCUT2D eigenvalue weighted by atomic mass is 10.3. The summed E-state index contributed by atoms with van der Waals surface area (Å²) >= 11 is 0. The van der Waals surface area contributed by atoms with Gasteiger partial charge in [-0.05, 0) is 24.3 Å². The molecule has 5 nitrogen and oxygen atoms in total. The molecule has 0 aliphatic rings. The normalized spacial score (nSPS) is 11.9. The van der Waals surface area contributed by atoms with Gasteiger partial charge in [0, 0.05) is 24.4 Å². The Labute approximate surface area is 125 Å². The molecule has 0 amide bonds. The minimum atomic E-state index is -4.08. The van der Waals surface area contributed by atoms with Gasteiger partial charge in [0.15, 0.2) is 0 Å². The fraction of sp³-hybridized carbons (Fsp3) is 0.0714. The molecule has 3 rings (SSSR count). The van der Waals surface area contributed by atoms with Crippen molar-refractivity contribution < 1.29 is 17.2 Å². The van der Waals surface area contributed by atoms with Crippen LogP contribution in [-0.2, 0) is 16.6 Å². The Morgan fingerprint density at radius 2 is 2.00 bits per heavy atom. The smallest absolute Gasteiger partial charge is 0.241 e. The van der Waals surface area contributed by atoms with E-state index >= 15 is 0 Å². The van der Waals surface area contributed by atoms with Crippen molar-refractivity contribution in [2.24, 2.45) is 0 Å². The van der Waals surface area contributed by atoms with E-state index in [0.717, 1.165) is 17.6 Å². The average Bonchev–Trinajstić information content (AvgIpc) is 2.88. The first kappa shape index (κ1) is 14.6.